The van der Waals surface area contributed by atoms with Gasteiger partial charge in [-0.25, -0.2) is 9.97 Å². The first kappa shape index (κ1) is 9.23. The summed E-state index contributed by atoms with van der Waals surface area (Å²) < 4.78 is 0. The molecule has 0 unspecified atom stereocenters. The lowest BCUT2D eigenvalue weighted by atomic mass is 10.2. The van der Waals surface area contributed by atoms with Crippen LogP contribution in [-0.2, 0) is 6.54 Å². The third kappa shape index (κ3) is 1.79. The zero-order valence-electron chi connectivity index (χ0n) is 7.83. The number of fused-ring (bicyclic) bond motifs is 1. The minimum Gasteiger partial charge on any atom is -0.383 e. The highest BCUT2D eigenvalue weighted by Crippen LogP contribution is 2.17. The van der Waals surface area contributed by atoms with Gasteiger partial charge in [0.25, 0.3) is 0 Å². The zero-order chi connectivity index (χ0) is 10.7. The zero-order valence-corrected chi connectivity index (χ0v) is 7.83. The fourth-order valence-corrected chi connectivity index (χ4v) is 1.32. The topological polar surface area (TPSA) is 101 Å². The van der Waals surface area contributed by atoms with Crippen molar-refractivity contribution >= 4 is 16.7 Å². The highest BCUT2D eigenvalue weighted by atomic mass is 15.1. The van der Waals surface area contributed by atoms with Gasteiger partial charge in [-0.1, -0.05) is 17.2 Å². The Morgan fingerprint density at radius 2 is 2.13 bits per heavy atom. The average Bonchev–Trinajstić information content (AvgIpc) is 2.26. The molecule has 6 nitrogen and oxygen atoms in total. The van der Waals surface area contributed by atoms with E-state index >= 15 is 0 Å². The molecule has 6 heteroatoms. The summed E-state index contributed by atoms with van der Waals surface area (Å²) in [5, 5.41) is 4.20. The predicted molar refractivity (Wildman–Crippen MR) is 56.8 cm³/mol. The van der Waals surface area contributed by atoms with Crippen LogP contribution in [0.4, 0.5) is 5.82 Å². The van der Waals surface area contributed by atoms with Crippen LogP contribution in [-0.4, -0.2) is 9.97 Å². The van der Waals surface area contributed by atoms with Crippen molar-refractivity contribution in [2.24, 2.45) is 5.11 Å². The van der Waals surface area contributed by atoms with Gasteiger partial charge >= 0.3 is 0 Å². The van der Waals surface area contributed by atoms with Crippen molar-refractivity contribution in [1.29, 1.82) is 0 Å². The molecule has 2 rings (SSSR count). The van der Waals surface area contributed by atoms with Crippen molar-refractivity contribution in [2.45, 2.75) is 6.54 Å². The molecule has 0 amide bonds. The normalized spacial score (nSPS) is 9.87. The maximum Gasteiger partial charge on any atom is 0.137 e. The summed E-state index contributed by atoms with van der Waals surface area (Å²) in [6.45, 7) is 0.117. The third-order valence-electron chi connectivity index (χ3n) is 1.95. The molecule has 0 aliphatic carbocycles. The van der Waals surface area contributed by atoms with Crippen molar-refractivity contribution in [2.75, 3.05) is 5.73 Å². The molecule has 15 heavy (non-hydrogen) atoms. The Labute approximate surface area is 85.4 Å². The van der Waals surface area contributed by atoms with Gasteiger partial charge in [0.15, 0.2) is 0 Å². The van der Waals surface area contributed by atoms with Gasteiger partial charge in [0.2, 0.25) is 0 Å². The largest absolute Gasteiger partial charge is 0.383 e. The number of nitrogens with two attached hydrogens (primary N) is 1. The van der Waals surface area contributed by atoms with Crippen molar-refractivity contribution in [3.63, 3.8) is 0 Å². The smallest absolute Gasteiger partial charge is 0.137 e. The molecule has 0 radical (unpaired) electrons. The molecule has 0 aliphatic rings. The molecule has 0 aliphatic heterocycles. The Bertz CT molecular complexity index is 543. The molecule has 2 N–H and O–H groups in total. The van der Waals surface area contributed by atoms with E-state index in [4.69, 9.17) is 11.3 Å². The average molecular weight is 200 g/mol. The summed E-state index contributed by atoms with van der Waals surface area (Å²) in [7, 11) is 0. The lowest BCUT2D eigenvalue weighted by Crippen LogP contribution is -1.99. The number of hydrogen-bond donors (Lipinski definition) is 1. The minimum atomic E-state index is 0.117. The van der Waals surface area contributed by atoms with E-state index in [1.807, 2.05) is 24.3 Å². The van der Waals surface area contributed by atoms with Crippen LogP contribution >= 0.6 is 0 Å². The van der Waals surface area contributed by atoms with Gasteiger partial charge in [0.1, 0.15) is 11.6 Å². The van der Waals surface area contributed by atoms with Crippen LogP contribution in [0.5, 0.6) is 0 Å². The van der Waals surface area contributed by atoms with Crippen LogP contribution in [0.1, 0.15) is 5.82 Å². The molecule has 1 aromatic carbocycles. The highest BCUT2D eigenvalue weighted by molar-refractivity contribution is 5.87. The third-order valence-corrected chi connectivity index (χ3v) is 1.95. The van der Waals surface area contributed by atoms with Crippen LogP contribution in [0.2, 0.25) is 0 Å². The fourth-order valence-electron chi connectivity index (χ4n) is 1.32. The Morgan fingerprint density at radius 3 is 2.93 bits per heavy atom. The molecule has 74 valence electrons. The number of aromatic nitrogens is 2. The molecule has 0 bridgehead atoms. The molecule has 0 fully saturated rings. The Hall–Kier alpha value is -2.33. The molecule has 2 aromatic rings. The van der Waals surface area contributed by atoms with Gasteiger partial charge < -0.3 is 5.73 Å². The number of azide groups is 1. The van der Waals surface area contributed by atoms with Crippen molar-refractivity contribution in [3.8, 4) is 0 Å². The first-order chi connectivity index (χ1) is 7.31. The van der Waals surface area contributed by atoms with Gasteiger partial charge in [-0.2, -0.15) is 0 Å². The molecular formula is C9H8N6. The van der Waals surface area contributed by atoms with E-state index in [2.05, 4.69) is 20.0 Å². The fraction of sp³-hybridized carbons (Fsp3) is 0.111. The molecule has 1 heterocycles. The summed E-state index contributed by atoms with van der Waals surface area (Å²) in [6, 6.07) is 7.43. The molecule has 1 aromatic heterocycles. The summed E-state index contributed by atoms with van der Waals surface area (Å²) in [5.41, 5.74) is 14.7. The van der Waals surface area contributed by atoms with Crippen LogP contribution < -0.4 is 5.73 Å². The minimum absolute atomic E-state index is 0.117. The molecule has 0 saturated carbocycles. The maximum absolute atomic E-state index is 8.18. The van der Waals surface area contributed by atoms with E-state index in [1.165, 1.54) is 0 Å². The number of para-hydroxylation sites is 1. The van der Waals surface area contributed by atoms with Crippen molar-refractivity contribution in [3.05, 3.63) is 40.5 Å². The van der Waals surface area contributed by atoms with Gasteiger partial charge in [-0.15, -0.1) is 0 Å². The quantitative estimate of drug-likeness (QED) is 0.455. The van der Waals surface area contributed by atoms with E-state index in [0.29, 0.717) is 11.6 Å². The number of anilines is 1. The number of benzene rings is 1. The van der Waals surface area contributed by atoms with Crippen LogP contribution in [0.25, 0.3) is 21.3 Å². The van der Waals surface area contributed by atoms with E-state index in [1.54, 1.807) is 0 Å². The first-order valence-electron chi connectivity index (χ1n) is 4.33. The number of hydrogen-bond acceptors (Lipinski definition) is 4. The van der Waals surface area contributed by atoms with Gasteiger partial charge in [0, 0.05) is 10.3 Å². The predicted octanol–water partition coefficient (Wildman–Crippen LogP) is 2.02. The Morgan fingerprint density at radius 1 is 1.33 bits per heavy atom. The molecular weight excluding hydrogens is 192 g/mol. The molecule has 0 spiro atoms. The summed E-state index contributed by atoms with van der Waals surface area (Å²) in [4.78, 5) is 10.9. The Balaban J connectivity index is 2.56. The van der Waals surface area contributed by atoms with E-state index in [9.17, 15) is 0 Å². The Kier molecular flexibility index (Phi) is 2.35. The van der Waals surface area contributed by atoms with Gasteiger partial charge in [0.05, 0.1) is 12.1 Å². The van der Waals surface area contributed by atoms with Crippen LogP contribution in [0.15, 0.2) is 29.4 Å². The van der Waals surface area contributed by atoms with Crippen LogP contribution in [0.3, 0.4) is 0 Å². The lowest BCUT2D eigenvalue weighted by molar-refractivity contribution is 0.920. The lowest BCUT2D eigenvalue weighted by Gasteiger charge is -2.02. The van der Waals surface area contributed by atoms with Gasteiger partial charge in [-0.05, 0) is 17.7 Å². The standard InChI is InChI=1S/C9H8N6/c10-9-6-3-1-2-4-7(6)13-8(14-9)5-12-15-11/h1-4H,5H2,(H2,10,13,14). The maximum atomic E-state index is 8.18. The second-order valence-corrected chi connectivity index (χ2v) is 2.93. The summed E-state index contributed by atoms with van der Waals surface area (Å²) in [6.07, 6.45) is 0. The monoisotopic (exact) mass is 200 g/mol. The summed E-state index contributed by atoms with van der Waals surface area (Å²) >= 11 is 0. The van der Waals surface area contributed by atoms with E-state index in [-0.39, 0.29) is 6.54 Å². The van der Waals surface area contributed by atoms with Crippen molar-refractivity contribution in [1.82, 2.24) is 9.97 Å². The SMILES string of the molecule is [N-]=[N+]=NCc1nc(N)c2ccccc2n1. The summed E-state index contributed by atoms with van der Waals surface area (Å²) in [5.74, 6) is 0.840. The second-order valence-electron chi connectivity index (χ2n) is 2.93. The van der Waals surface area contributed by atoms with Crippen molar-refractivity contribution < 1.29 is 0 Å². The van der Waals surface area contributed by atoms with Gasteiger partial charge in [-0.3, -0.25) is 0 Å². The van der Waals surface area contributed by atoms with Crippen LogP contribution in [0, 0.1) is 0 Å². The van der Waals surface area contributed by atoms with E-state index in [0.717, 1.165) is 10.9 Å². The second kappa shape index (κ2) is 3.81. The number of nitrogen functional groups attached to an aromatic ring is 1. The molecule has 0 saturated heterocycles. The van der Waals surface area contributed by atoms with E-state index < -0.39 is 0 Å². The first-order valence-corrected chi connectivity index (χ1v) is 4.33. The highest BCUT2D eigenvalue weighted by Gasteiger charge is 2.02. The molecule has 0 atom stereocenters. The number of nitrogens with zero attached hydrogens (tertiary/aromatic N) is 5. The number of rotatable bonds is 2.